The highest BCUT2D eigenvalue weighted by molar-refractivity contribution is 8.62. The standard InChI is InChI=1S/C40H92Si8/c1-29(2)41(30(3)4)42(31(5)6,32(7)8)46(38(20,21)22)45(41,37(17,18)19)47(39(23,24)25)43(33(9)10,34(11)12)44(35(13)14,36(15)16)48(46,47)40(26,27)28/h29-36H,1-28H3. The smallest absolute Gasteiger partial charge is 0.0403 e. The third-order valence-electron chi connectivity index (χ3n) is 17.9. The van der Waals surface area contributed by atoms with Crippen LogP contribution in [0.25, 0.3) is 0 Å². The van der Waals surface area contributed by atoms with Crippen LogP contribution in [-0.4, -0.2) is 54.9 Å². The molecule has 0 spiro atoms. The second-order valence-corrected chi connectivity index (χ2v) is 124. The van der Waals surface area contributed by atoms with Gasteiger partial charge in [-0.2, -0.15) is 0 Å². The van der Waals surface area contributed by atoms with Crippen LogP contribution in [0.1, 0.15) is 194 Å². The third-order valence-corrected chi connectivity index (χ3v) is 316. The van der Waals surface area contributed by atoms with Gasteiger partial charge in [0.05, 0.1) is 0 Å². The van der Waals surface area contributed by atoms with Crippen molar-refractivity contribution < 1.29 is 0 Å². The normalized spacial score (nSPS) is 34.2. The SMILES string of the molecule is CC(C)[Si]1(C(C)C)[Si](C(C)C)(C(C)C)[Si]2(C(C)(C)C)[Si]1(C(C)(C)C)[Si]1(C(C)(C)C)[Si](C(C)C)(C(C)C)[Si](C(C)C)(C(C)C)[Si]21C(C)(C)C. The molecule has 8 heteroatoms. The van der Waals surface area contributed by atoms with E-state index in [1.165, 1.54) is 0 Å². The topological polar surface area (TPSA) is 0 Å². The summed E-state index contributed by atoms with van der Waals surface area (Å²) in [5, 5.41) is 2.08. The summed E-state index contributed by atoms with van der Waals surface area (Å²) in [6, 6.07) is 0. The summed E-state index contributed by atoms with van der Waals surface area (Å²) in [7, 11) is -7.33. The molecule has 0 aromatic rings. The summed E-state index contributed by atoms with van der Waals surface area (Å²) in [5.74, 6) is 0. The Labute approximate surface area is 311 Å². The van der Waals surface area contributed by atoms with Gasteiger partial charge in [0.15, 0.2) is 0 Å². The molecule has 0 unspecified atom stereocenters. The Morgan fingerprint density at radius 3 is 0.333 bits per heavy atom. The second kappa shape index (κ2) is 11.6. The highest BCUT2D eigenvalue weighted by atomic mass is 30.8. The van der Waals surface area contributed by atoms with Crippen LogP contribution in [-0.2, 0) is 0 Å². The molecule has 0 aromatic carbocycles. The van der Waals surface area contributed by atoms with E-state index in [2.05, 4.69) is 194 Å². The van der Waals surface area contributed by atoms with Crippen molar-refractivity contribution in [2.45, 2.75) is 258 Å². The van der Waals surface area contributed by atoms with E-state index < -0.39 is 54.9 Å². The second-order valence-electron chi connectivity index (χ2n) is 24.7. The Kier molecular flexibility index (Phi) is 10.7. The summed E-state index contributed by atoms with van der Waals surface area (Å²) < 4.78 is 0. The average Bonchev–Trinajstić information content (AvgIpc) is 2.76. The van der Waals surface area contributed by atoms with E-state index in [0.717, 1.165) is 44.3 Å². The van der Waals surface area contributed by atoms with Crippen LogP contribution in [0.4, 0.5) is 0 Å². The average molecular weight is 798 g/mol. The zero-order valence-corrected chi connectivity index (χ0v) is 46.6. The largest absolute Gasteiger partial charge is 0.0656 e. The van der Waals surface area contributed by atoms with Crippen molar-refractivity contribution >= 4 is 54.9 Å². The molecule has 3 saturated heterocycles. The maximum absolute atomic E-state index is 3.01. The van der Waals surface area contributed by atoms with Gasteiger partial charge < -0.3 is 0 Å². The maximum atomic E-state index is 3.01. The Morgan fingerprint density at radius 1 is 0.208 bits per heavy atom. The van der Waals surface area contributed by atoms with Crippen LogP contribution in [0.15, 0.2) is 0 Å². The summed E-state index contributed by atoms with van der Waals surface area (Å²) >= 11 is 0. The first-order valence-electron chi connectivity index (χ1n) is 21.0. The third kappa shape index (κ3) is 3.38. The first kappa shape index (κ1) is 44.1. The molecule has 0 atom stereocenters. The summed E-state index contributed by atoms with van der Waals surface area (Å²) in [6.45, 7) is 74.9. The Hall–Kier alpha value is 1.74. The van der Waals surface area contributed by atoms with Gasteiger partial charge >= 0.3 is 0 Å². The van der Waals surface area contributed by atoms with Gasteiger partial charge in [-0.3, -0.25) is 0 Å². The van der Waals surface area contributed by atoms with Crippen LogP contribution in [0.5, 0.6) is 0 Å². The van der Waals surface area contributed by atoms with Crippen LogP contribution in [0.3, 0.4) is 0 Å². The van der Waals surface area contributed by atoms with Crippen molar-refractivity contribution in [3.8, 4) is 0 Å². The summed E-state index contributed by atoms with van der Waals surface area (Å²) in [4.78, 5) is 0. The van der Waals surface area contributed by atoms with Crippen LogP contribution in [0, 0.1) is 0 Å². The lowest BCUT2D eigenvalue weighted by Crippen LogP contribution is -3.44. The summed E-state index contributed by atoms with van der Waals surface area (Å²) in [5.41, 5.74) is 7.57. The van der Waals surface area contributed by atoms with E-state index in [1.807, 2.05) is 0 Å². The number of fused-ring (bicyclic) bond motifs is 4. The fourth-order valence-electron chi connectivity index (χ4n) is 21.6. The molecule has 284 valence electrons. The van der Waals surface area contributed by atoms with Gasteiger partial charge in [-0.25, -0.2) is 0 Å². The first-order valence-corrected chi connectivity index (χ1v) is 47.7. The zero-order chi connectivity index (χ0) is 38.6. The highest BCUT2D eigenvalue weighted by Crippen LogP contribution is 2.98. The molecule has 3 heterocycles. The molecule has 0 nitrogen and oxygen atoms in total. The Bertz CT molecular complexity index is 993. The molecule has 0 bridgehead atoms. The molecular formula is C40H92Si8. The van der Waals surface area contributed by atoms with Crippen LogP contribution < -0.4 is 0 Å². The van der Waals surface area contributed by atoms with Gasteiger partial charge in [-0.05, 0) is 20.2 Å². The minimum atomic E-state index is -1.93. The Balaban J connectivity index is 3.28. The molecule has 0 aliphatic carbocycles. The molecule has 3 aliphatic rings. The zero-order valence-electron chi connectivity index (χ0n) is 38.6. The van der Waals surface area contributed by atoms with E-state index in [4.69, 9.17) is 0 Å². The molecule has 48 heavy (non-hydrogen) atoms. The van der Waals surface area contributed by atoms with E-state index in [9.17, 15) is 0 Å². The van der Waals surface area contributed by atoms with Gasteiger partial charge in [-0.15, -0.1) is 0 Å². The molecule has 0 saturated carbocycles. The van der Waals surface area contributed by atoms with Crippen molar-refractivity contribution in [2.75, 3.05) is 0 Å². The quantitative estimate of drug-likeness (QED) is 0.215. The minimum Gasteiger partial charge on any atom is -0.0656 e. The van der Waals surface area contributed by atoms with E-state index >= 15 is 0 Å². The fourth-order valence-corrected chi connectivity index (χ4v) is 732. The lowest BCUT2D eigenvalue weighted by atomic mass is 10.2. The van der Waals surface area contributed by atoms with Gasteiger partial charge in [0.1, 0.15) is 0 Å². The summed E-state index contributed by atoms with van der Waals surface area (Å²) in [6.07, 6.45) is 0. The molecule has 0 radical (unpaired) electrons. The van der Waals surface area contributed by atoms with Crippen LogP contribution >= 0.6 is 0 Å². The monoisotopic (exact) mass is 797 g/mol. The number of hydrogen-bond acceptors (Lipinski definition) is 0. The van der Waals surface area contributed by atoms with E-state index in [0.29, 0.717) is 20.2 Å². The van der Waals surface area contributed by atoms with Gasteiger partial charge in [-0.1, -0.05) is 238 Å². The fraction of sp³-hybridized carbons (Fsp3) is 1.00. The molecular weight excluding hydrogens is 705 g/mol. The van der Waals surface area contributed by atoms with Gasteiger partial charge in [0.25, 0.3) is 0 Å². The van der Waals surface area contributed by atoms with Gasteiger partial charge in [0.2, 0.25) is 0 Å². The Morgan fingerprint density at radius 2 is 0.292 bits per heavy atom. The van der Waals surface area contributed by atoms with Gasteiger partial charge in [0, 0.05) is 54.9 Å². The number of rotatable bonds is 8. The van der Waals surface area contributed by atoms with Crippen molar-refractivity contribution in [3.05, 3.63) is 0 Å². The molecule has 0 aromatic heterocycles. The molecule has 3 rings (SSSR count). The van der Waals surface area contributed by atoms with E-state index in [-0.39, 0.29) is 0 Å². The van der Waals surface area contributed by atoms with Crippen molar-refractivity contribution in [1.82, 2.24) is 0 Å². The van der Waals surface area contributed by atoms with E-state index in [1.54, 1.807) is 0 Å². The first-order chi connectivity index (χ1) is 21.0. The van der Waals surface area contributed by atoms with Crippen LogP contribution in [0.2, 0.25) is 64.5 Å². The number of hydrogen-bond donors (Lipinski definition) is 0. The lowest BCUT2D eigenvalue weighted by molar-refractivity contribution is 0.670. The maximum Gasteiger partial charge on any atom is 0.0403 e. The predicted molar refractivity (Wildman–Crippen MR) is 246 cm³/mol. The molecule has 3 fully saturated rings. The van der Waals surface area contributed by atoms with Crippen molar-refractivity contribution in [2.24, 2.45) is 0 Å². The van der Waals surface area contributed by atoms with Crippen molar-refractivity contribution in [3.63, 3.8) is 0 Å². The molecule has 0 amide bonds. The van der Waals surface area contributed by atoms with Crippen molar-refractivity contribution in [1.29, 1.82) is 0 Å². The molecule has 0 N–H and O–H groups in total. The molecule has 3 aliphatic heterocycles. The lowest BCUT2D eigenvalue weighted by Gasteiger charge is -3.15. The minimum absolute atomic E-state index is 0.519. The highest BCUT2D eigenvalue weighted by Gasteiger charge is 3.21. The predicted octanol–water partition coefficient (Wildman–Crippen LogP) is 14.9.